The van der Waals surface area contributed by atoms with Crippen molar-refractivity contribution in [1.29, 1.82) is 5.41 Å². The lowest BCUT2D eigenvalue weighted by atomic mass is 10.2. The van der Waals surface area contributed by atoms with Gasteiger partial charge in [0.25, 0.3) is 5.91 Å². The third-order valence-corrected chi connectivity index (χ3v) is 4.99. The van der Waals surface area contributed by atoms with Gasteiger partial charge in [0.2, 0.25) is 0 Å². The number of anilines is 1. The predicted molar refractivity (Wildman–Crippen MR) is 106 cm³/mol. The number of ether oxygens (including phenoxy) is 1. The highest BCUT2D eigenvalue weighted by Gasteiger charge is 2.33. The number of nitrogens with one attached hydrogen (secondary N) is 1. The first kappa shape index (κ1) is 17.1. The number of methoxy groups -OCH3 is 1. The lowest BCUT2D eigenvalue weighted by Crippen LogP contribution is -2.28. The zero-order valence-electron chi connectivity index (χ0n) is 14.3. The Morgan fingerprint density at radius 3 is 2.59 bits per heavy atom. The van der Waals surface area contributed by atoms with Crippen molar-refractivity contribution in [3.8, 4) is 5.75 Å². The van der Waals surface area contributed by atoms with Crippen molar-refractivity contribution in [3.63, 3.8) is 0 Å². The first-order valence-corrected chi connectivity index (χ1v) is 8.87. The van der Waals surface area contributed by atoms with Crippen molar-refractivity contribution in [2.45, 2.75) is 0 Å². The number of hydrogen-bond donors (Lipinski definition) is 1. The second-order valence-corrected chi connectivity index (χ2v) is 6.84. The maximum absolute atomic E-state index is 12.8. The van der Waals surface area contributed by atoms with Crippen molar-refractivity contribution in [1.82, 2.24) is 0 Å². The Labute approximate surface area is 158 Å². The van der Waals surface area contributed by atoms with Gasteiger partial charge >= 0.3 is 5.63 Å². The number of thioether (sulfide) groups is 1. The van der Waals surface area contributed by atoms with Crippen molar-refractivity contribution in [2.75, 3.05) is 12.0 Å². The van der Waals surface area contributed by atoms with Gasteiger partial charge in [-0.15, -0.1) is 0 Å². The fraction of sp³-hybridized carbons (Fsp3) is 0.0500. The molecule has 27 heavy (non-hydrogen) atoms. The van der Waals surface area contributed by atoms with E-state index in [1.165, 1.54) is 11.0 Å². The van der Waals surface area contributed by atoms with E-state index >= 15 is 0 Å². The normalized spacial score (nSPS) is 15.7. The zero-order chi connectivity index (χ0) is 19.0. The minimum absolute atomic E-state index is 0.122. The first-order valence-electron chi connectivity index (χ1n) is 8.06. The molecule has 6 nitrogen and oxygen atoms in total. The zero-order valence-corrected chi connectivity index (χ0v) is 15.1. The molecule has 1 fully saturated rings. The molecule has 1 aliphatic heterocycles. The lowest BCUT2D eigenvalue weighted by Gasteiger charge is -2.14. The molecule has 1 saturated heterocycles. The van der Waals surface area contributed by atoms with Gasteiger partial charge < -0.3 is 9.15 Å². The van der Waals surface area contributed by atoms with Crippen LogP contribution in [0.1, 0.15) is 5.56 Å². The molecule has 4 rings (SSSR count). The second kappa shape index (κ2) is 6.77. The molecule has 0 radical (unpaired) electrons. The maximum atomic E-state index is 12.8. The number of carbonyl (C=O) groups is 1. The quantitative estimate of drug-likeness (QED) is 0.553. The summed E-state index contributed by atoms with van der Waals surface area (Å²) in [4.78, 5) is 25.9. The van der Waals surface area contributed by atoms with Crippen LogP contribution >= 0.6 is 11.8 Å². The molecule has 2 heterocycles. The fourth-order valence-electron chi connectivity index (χ4n) is 2.77. The molecule has 0 atom stereocenters. The molecule has 1 aromatic heterocycles. The molecule has 134 valence electrons. The summed E-state index contributed by atoms with van der Waals surface area (Å²) in [6.07, 6.45) is 1.75. The number of rotatable bonds is 3. The molecular weight excluding hydrogens is 364 g/mol. The van der Waals surface area contributed by atoms with Gasteiger partial charge in [0, 0.05) is 11.5 Å². The highest BCUT2D eigenvalue weighted by molar-refractivity contribution is 8.19. The molecule has 0 spiro atoms. The molecule has 1 N–H and O–H groups in total. The number of amides is 1. The molecule has 0 aliphatic carbocycles. The summed E-state index contributed by atoms with van der Waals surface area (Å²) in [5, 5.41) is 9.02. The average Bonchev–Trinajstić information content (AvgIpc) is 2.95. The van der Waals surface area contributed by atoms with E-state index in [2.05, 4.69) is 0 Å². The summed E-state index contributed by atoms with van der Waals surface area (Å²) in [5.74, 6) is 0.470. The van der Waals surface area contributed by atoms with Gasteiger partial charge in [0.1, 0.15) is 11.3 Å². The van der Waals surface area contributed by atoms with Crippen LogP contribution in [0.5, 0.6) is 5.75 Å². The Hall–Kier alpha value is -3.32. The maximum Gasteiger partial charge on any atom is 0.336 e. The Balaban J connectivity index is 1.67. The third-order valence-electron chi connectivity index (χ3n) is 4.10. The van der Waals surface area contributed by atoms with Gasteiger partial charge in [0.05, 0.1) is 17.7 Å². The van der Waals surface area contributed by atoms with Gasteiger partial charge in [-0.1, -0.05) is 12.1 Å². The fourth-order valence-corrected chi connectivity index (χ4v) is 3.63. The molecule has 3 aromatic rings. The van der Waals surface area contributed by atoms with Gasteiger partial charge in [0.15, 0.2) is 5.17 Å². The van der Waals surface area contributed by atoms with Crippen LogP contribution in [-0.2, 0) is 4.79 Å². The summed E-state index contributed by atoms with van der Waals surface area (Å²) in [5.41, 5.74) is 1.41. The largest absolute Gasteiger partial charge is 0.497 e. The van der Waals surface area contributed by atoms with E-state index in [0.717, 1.165) is 23.1 Å². The van der Waals surface area contributed by atoms with Crippen molar-refractivity contribution < 1.29 is 13.9 Å². The monoisotopic (exact) mass is 378 g/mol. The minimum atomic E-state index is -0.430. The summed E-state index contributed by atoms with van der Waals surface area (Å²) >= 11 is 1.11. The number of amidine groups is 1. The highest BCUT2D eigenvalue weighted by Crippen LogP contribution is 2.36. The molecule has 7 heteroatoms. The Bertz CT molecular complexity index is 1150. The SMILES string of the molecule is COc1ccc(/C=C2\SC(=N)N(c3ccc4oc(=O)ccc4c3)C2=O)cc1. The van der Waals surface area contributed by atoms with Crippen LogP contribution in [0.2, 0.25) is 0 Å². The number of benzene rings is 2. The first-order chi connectivity index (χ1) is 13.0. The number of hydrogen-bond acceptors (Lipinski definition) is 6. The van der Waals surface area contributed by atoms with Crippen molar-refractivity contribution >= 4 is 45.6 Å². The van der Waals surface area contributed by atoms with E-state index in [1.807, 2.05) is 24.3 Å². The van der Waals surface area contributed by atoms with Gasteiger partial charge in [-0.3, -0.25) is 15.1 Å². The summed E-state index contributed by atoms with van der Waals surface area (Å²) in [6, 6.07) is 15.3. The third kappa shape index (κ3) is 3.24. The van der Waals surface area contributed by atoms with E-state index in [0.29, 0.717) is 21.6 Å². The standard InChI is InChI=1S/C20H14N2O4S/c1-25-15-6-2-12(3-7-15)10-17-19(24)22(20(21)27-17)14-5-8-16-13(11-14)4-9-18(23)26-16/h2-11,21H,1H3/b17-10-,21-20?. The van der Waals surface area contributed by atoms with E-state index in [9.17, 15) is 9.59 Å². The topological polar surface area (TPSA) is 83.6 Å². The van der Waals surface area contributed by atoms with E-state index < -0.39 is 5.63 Å². The summed E-state index contributed by atoms with van der Waals surface area (Å²) < 4.78 is 10.2. The van der Waals surface area contributed by atoms with E-state index in [-0.39, 0.29) is 11.1 Å². The van der Waals surface area contributed by atoms with Crippen LogP contribution in [0.3, 0.4) is 0 Å². The Kier molecular flexibility index (Phi) is 4.29. The van der Waals surface area contributed by atoms with Crippen LogP contribution < -0.4 is 15.3 Å². The van der Waals surface area contributed by atoms with E-state index in [4.69, 9.17) is 14.6 Å². The Morgan fingerprint density at radius 1 is 1.07 bits per heavy atom. The highest BCUT2D eigenvalue weighted by atomic mass is 32.2. The molecule has 0 unspecified atom stereocenters. The molecule has 2 aromatic carbocycles. The van der Waals surface area contributed by atoms with Gasteiger partial charge in [-0.2, -0.15) is 0 Å². The number of nitrogens with zero attached hydrogens (tertiary/aromatic N) is 1. The molecule has 0 bridgehead atoms. The summed E-state index contributed by atoms with van der Waals surface area (Å²) in [6.45, 7) is 0. The second-order valence-electron chi connectivity index (χ2n) is 5.81. The smallest absolute Gasteiger partial charge is 0.336 e. The number of carbonyl (C=O) groups excluding carboxylic acids is 1. The number of fused-ring (bicyclic) bond motifs is 1. The van der Waals surface area contributed by atoms with Crippen LogP contribution in [0, 0.1) is 5.41 Å². The van der Waals surface area contributed by atoms with Gasteiger partial charge in [-0.05, 0) is 59.8 Å². The minimum Gasteiger partial charge on any atom is -0.497 e. The van der Waals surface area contributed by atoms with E-state index in [1.54, 1.807) is 37.5 Å². The van der Waals surface area contributed by atoms with Crippen LogP contribution in [0.15, 0.2) is 68.7 Å². The van der Waals surface area contributed by atoms with Crippen LogP contribution in [0.25, 0.3) is 17.0 Å². The van der Waals surface area contributed by atoms with Crippen molar-refractivity contribution in [3.05, 3.63) is 75.5 Å². The predicted octanol–water partition coefficient (Wildman–Crippen LogP) is 3.86. The van der Waals surface area contributed by atoms with Gasteiger partial charge in [-0.25, -0.2) is 4.79 Å². The average molecular weight is 378 g/mol. The van der Waals surface area contributed by atoms with Crippen molar-refractivity contribution in [2.24, 2.45) is 0 Å². The Morgan fingerprint density at radius 2 is 1.85 bits per heavy atom. The lowest BCUT2D eigenvalue weighted by molar-refractivity contribution is -0.113. The molecular formula is C20H14N2O4S. The summed E-state index contributed by atoms with van der Waals surface area (Å²) in [7, 11) is 1.59. The molecule has 0 saturated carbocycles. The molecule has 1 aliphatic rings. The van der Waals surface area contributed by atoms with Crippen LogP contribution in [-0.4, -0.2) is 18.2 Å². The molecule has 1 amide bonds. The van der Waals surface area contributed by atoms with Crippen LogP contribution in [0.4, 0.5) is 5.69 Å².